The van der Waals surface area contributed by atoms with Crippen LogP contribution in [-0.2, 0) is 19.8 Å². The molecule has 0 fully saturated rings. The molecule has 0 spiro atoms. The second kappa shape index (κ2) is 6.33. The van der Waals surface area contributed by atoms with Crippen LogP contribution in [0.3, 0.4) is 0 Å². The van der Waals surface area contributed by atoms with Crippen molar-refractivity contribution in [3.63, 3.8) is 0 Å². The number of ether oxygens (including phenoxy) is 1. The molecule has 0 amide bonds. The molecule has 0 bridgehead atoms. The van der Waals surface area contributed by atoms with Crippen molar-refractivity contribution in [2.24, 2.45) is 0 Å². The van der Waals surface area contributed by atoms with Gasteiger partial charge in [-0.3, -0.25) is 0 Å². The van der Waals surface area contributed by atoms with Crippen molar-refractivity contribution < 1.29 is 14.2 Å². The predicted molar refractivity (Wildman–Crippen MR) is 69.2 cm³/mol. The number of aryl methyl sites for hydroxylation is 1. The number of imidazole rings is 1. The summed E-state index contributed by atoms with van der Waals surface area (Å²) in [5.41, 5.74) is 1.44. The van der Waals surface area contributed by atoms with E-state index in [0.717, 1.165) is 18.7 Å². The summed E-state index contributed by atoms with van der Waals surface area (Å²) in [7, 11) is 0. The Balaban J connectivity index is 2.04. The normalized spacial score (nSPS) is 10.7. The first-order chi connectivity index (χ1) is 9.24. The fourth-order valence-corrected chi connectivity index (χ4v) is 1.82. The van der Waals surface area contributed by atoms with Gasteiger partial charge in [0.2, 0.25) is 0 Å². The lowest BCUT2D eigenvalue weighted by atomic mass is 10.2. The second-order valence-electron chi connectivity index (χ2n) is 4.29. The second-order valence-corrected chi connectivity index (χ2v) is 4.29. The highest BCUT2D eigenvalue weighted by molar-refractivity contribution is 5.29. The Hall–Kier alpha value is -1.88. The minimum Gasteiger partial charge on any atom is -0.484 e. The molecule has 2 aromatic rings. The van der Waals surface area contributed by atoms with Crippen molar-refractivity contribution in [1.82, 2.24) is 9.55 Å². The van der Waals surface area contributed by atoms with E-state index in [-0.39, 0.29) is 19.0 Å². The van der Waals surface area contributed by atoms with Crippen molar-refractivity contribution in [1.29, 1.82) is 0 Å². The van der Waals surface area contributed by atoms with Crippen LogP contribution in [0.1, 0.15) is 24.6 Å². The lowest BCUT2D eigenvalue weighted by Gasteiger charge is -2.10. The molecule has 0 aliphatic rings. The Labute approximate surface area is 111 Å². The van der Waals surface area contributed by atoms with Crippen LogP contribution in [0.2, 0.25) is 0 Å². The highest BCUT2D eigenvalue weighted by Crippen LogP contribution is 2.19. The van der Waals surface area contributed by atoms with E-state index < -0.39 is 5.82 Å². The molecular weight excluding hydrogens is 247 g/mol. The smallest absolute Gasteiger partial charge is 0.165 e. The van der Waals surface area contributed by atoms with Gasteiger partial charge < -0.3 is 14.4 Å². The molecule has 0 saturated heterocycles. The van der Waals surface area contributed by atoms with Crippen LogP contribution < -0.4 is 4.74 Å². The van der Waals surface area contributed by atoms with E-state index >= 15 is 0 Å². The number of benzene rings is 1. The molecule has 0 saturated carbocycles. The van der Waals surface area contributed by atoms with Gasteiger partial charge in [0.1, 0.15) is 6.61 Å². The predicted octanol–water partition coefficient (Wildman–Crippen LogP) is 2.50. The highest BCUT2D eigenvalue weighted by atomic mass is 19.1. The number of halogens is 1. The van der Waals surface area contributed by atoms with Crippen LogP contribution in [0.15, 0.2) is 30.7 Å². The fourth-order valence-electron chi connectivity index (χ4n) is 1.82. The van der Waals surface area contributed by atoms with Crippen molar-refractivity contribution in [3.8, 4) is 5.75 Å². The summed E-state index contributed by atoms with van der Waals surface area (Å²) in [6, 6.07) is 4.45. The van der Waals surface area contributed by atoms with Crippen molar-refractivity contribution in [2.45, 2.75) is 33.1 Å². The van der Waals surface area contributed by atoms with Gasteiger partial charge in [0.25, 0.3) is 0 Å². The number of hydrogen-bond acceptors (Lipinski definition) is 3. The third kappa shape index (κ3) is 3.32. The molecule has 19 heavy (non-hydrogen) atoms. The quantitative estimate of drug-likeness (QED) is 0.872. The molecule has 102 valence electrons. The van der Waals surface area contributed by atoms with Crippen LogP contribution in [0.4, 0.5) is 4.39 Å². The third-order valence-corrected chi connectivity index (χ3v) is 2.82. The fraction of sp³-hybridized carbons (Fsp3) is 0.357. The van der Waals surface area contributed by atoms with Crippen molar-refractivity contribution in [2.75, 3.05) is 0 Å². The van der Waals surface area contributed by atoms with E-state index in [0.29, 0.717) is 5.56 Å². The lowest BCUT2D eigenvalue weighted by molar-refractivity contribution is 0.273. The first-order valence-corrected chi connectivity index (χ1v) is 6.25. The SMILES string of the molecule is CCCn1cncc1COc1ccc(CO)cc1F. The van der Waals surface area contributed by atoms with Crippen LogP contribution >= 0.6 is 0 Å². The molecule has 2 rings (SSSR count). The highest BCUT2D eigenvalue weighted by Gasteiger charge is 2.07. The Bertz CT molecular complexity index is 540. The maximum Gasteiger partial charge on any atom is 0.165 e. The molecule has 0 atom stereocenters. The summed E-state index contributed by atoms with van der Waals surface area (Å²) < 4.78 is 21.1. The maximum absolute atomic E-state index is 13.7. The topological polar surface area (TPSA) is 47.3 Å². The van der Waals surface area contributed by atoms with Gasteiger partial charge in [-0.25, -0.2) is 9.37 Å². The van der Waals surface area contributed by atoms with E-state index in [9.17, 15) is 4.39 Å². The largest absolute Gasteiger partial charge is 0.484 e. The summed E-state index contributed by atoms with van der Waals surface area (Å²) in [4.78, 5) is 4.06. The van der Waals surface area contributed by atoms with Crippen LogP contribution in [-0.4, -0.2) is 14.7 Å². The zero-order chi connectivity index (χ0) is 13.7. The molecule has 1 aromatic heterocycles. The summed E-state index contributed by atoms with van der Waals surface area (Å²) in [6.07, 6.45) is 4.46. The Kier molecular flexibility index (Phi) is 4.52. The molecular formula is C14H17FN2O2. The van der Waals surface area contributed by atoms with Gasteiger partial charge in [-0.05, 0) is 24.1 Å². The molecule has 0 radical (unpaired) electrons. The average Bonchev–Trinajstić information content (AvgIpc) is 2.85. The number of aromatic nitrogens is 2. The van der Waals surface area contributed by atoms with Gasteiger partial charge in [0, 0.05) is 6.54 Å². The van der Waals surface area contributed by atoms with Gasteiger partial charge in [-0.1, -0.05) is 13.0 Å². The van der Waals surface area contributed by atoms with Gasteiger partial charge >= 0.3 is 0 Å². The van der Waals surface area contributed by atoms with Gasteiger partial charge in [0.15, 0.2) is 11.6 Å². The van der Waals surface area contributed by atoms with E-state index in [1.54, 1.807) is 18.6 Å². The number of rotatable bonds is 6. The summed E-state index contributed by atoms with van der Waals surface area (Å²) in [5.74, 6) is -0.283. The monoisotopic (exact) mass is 264 g/mol. The lowest BCUT2D eigenvalue weighted by Crippen LogP contribution is -2.05. The van der Waals surface area contributed by atoms with Crippen LogP contribution in [0.25, 0.3) is 0 Å². The molecule has 5 heteroatoms. The molecule has 4 nitrogen and oxygen atoms in total. The third-order valence-electron chi connectivity index (χ3n) is 2.82. The molecule has 0 aliphatic heterocycles. The number of hydrogen-bond donors (Lipinski definition) is 1. The van der Waals surface area contributed by atoms with E-state index in [4.69, 9.17) is 9.84 Å². The maximum atomic E-state index is 13.7. The Morgan fingerprint density at radius 3 is 2.95 bits per heavy atom. The first kappa shape index (κ1) is 13.5. The van der Waals surface area contributed by atoms with Crippen molar-refractivity contribution in [3.05, 3.63) is 47.8 Å². The molecule has 1 aromatic carbocycles. The van der Waals surface area contributed by atoms with Gasteiger partial charge in [0.05, 0.1) is 24.8 Å². The van der Waals surface area contributed by atoms with E-state index in [1.165, 1.54) is 12.1 Å². The van der Waals surface area contributed by atoms with Crippen LogP contribution in [0, 0.1) is 5.82 Å². The zero-order valence-electron chi connectivity index (χ0n) is 10.8. The minimum atomic E-state index is -0.465. The molecule has 0 aliphatic carbocycles. The van der Waals surface area contributed by atoms with Crippen LogP contribution in [0.5, 0.6) is 5.75 Å². The summed E-state index contributed by atoms with van der Waals surface area (Å²) in [5, 5.41) is 8.91. The molecule has 1 N–H and O–H groups in total. The summed E-state index contributed by atoms with van der Waals surface area (Å²) in [6.45, 7) is 3.04. The molecule has 0 unspecified atom stereocenters. The van der Waals surface area contributed by atoms with Gasteiger partial charge in [-0.15, -0.1) is 0 Å². The number of aliphatic hydroxyl groups is 1. The van der Waals surface area contributed by atoms with E-state index in [2.05, 4.69) is 11.9 Å². The standard InChI is InChI=1S/C14H17FN2O2/c1-2-5-17-10-16-7-12(17)9-19-14-4-3-11(8-18)6-13(14)15/h3-4,6-7,10,18H,2,5,8-9H2,1H3. The summed E-state index contributed by atoms with van der Waals surface area (Å²) >= 11 is 0. The van der Waals surface area contributed by atoms with Gasteiger partial charge in [-0.2, -0.15) is 0 Å². The Morgan fingerprint density at radius 2 is 2.26 bits per heavy atom. The Morgan fingerprint density at radius 1 is 1.42 bits per heavy atom. The van der Waals surface area contributed by atoms with E-state index in [1.807, 2.05) is 4.57 Å². The number of aliphatic hydroxyl groups excluding tert-OH is 1. The minimum absolute atomic E-state index is 0.180. The first-order valence-electron chi connectivity index (χ1n) is 6.25. The average molecular weight is 264 g/mol. The number of nitrogens with zero attached hydrogens (tertiary/aromatic N) is 2. The zero-order valence-corrected chi connectivity index (χ0v) is 10.8. The van der Waals surface area contributed by atoms with Crippen molar-refractivity contribution >= 4 is 0 Å². The molecule has 1 heterocycles.